The highest BCUT2D eigenvalue weighted by Gasteiger charge is 2.18. The van der Waals surface area contributed by atoms with Crippen molar-refractivity contribution in [2.75, 3.05) is 0 Å². The highest BCUT2D eigenvalue weighted by atomic mass is 79.9. The van der Waals surface area contributed by atoms with E-state index in [1.54, 1.807) is 0 Å². The van der Waals surface area contributed by atoms with Crippen LogP contribution in [0.1, 0.15) is 5.56 Å². The molecule has 0 aromatic heterocycles. The van der Waals surface area contributed by atoms with Crippen LogP contribution in [0.15, 0.2) is 40.0 Å². The zero-order valence-corrected chi connectivity index (χ0v) is 10.7. The topological polar surface area (TPSA) is 47.9 Å². The van der Waals surface area contributed by atoms with Crippen molar-refractivity contribution in [1.82, 2.24) is 10.7 Å². The van der Waals surface area contributed by atoms with Crippen LogP contribution in [0.2, 0.25) is 0 Å². The van der Waals surface area contributed by atoms with Crippen LogP contribution in [-0.2, 0) is 0 Å². The average Bonchev–Trinajstić information content (AvgIpc) is 2.17. The number of hydrogen-bond acceptors (Lipinski definition) is 4. The third kappa shape index (κ3) is 2.22. The molecule has 0 saturated carbocycles. The Bertz CT molecular complexity index is 430. The van der Waals surface area contributed by atoms with E-state index in [-0.39, 0.29) is 0 Å². The number of allylic oxidation sites excluding steroid dienone is 1. The summed E-state index contributed by atoms with van der Waals surface area (Å²) in [7, 11) is 0. The molecule has 1 aromatic carbocycles. The smallest absolute Gasteiger partial charge is 0.141 e. The lowest BCUT2D eigenvalue weighted by Gasteiger charge is -2.21. The minimum Gasteiger partial charge on any atom is -0.253 e. The molecule has 2 rings (SSSR count). The van der Waals surface area contributed by atoms with Gasteiger partial charge in [-0.25, -0.2) is 5.43 Å². The molecule has 0 bridgehead atoms. The summed E-state index contributed by atoms with van der Waals surface area (Å²) >= 11 is 6.62. The standard InChI is InChI=1S/C9H7Br2N3O/c10-8-7(6-4-2-1-3-5-6)9(11)13-14(15)12-8/h1-5,12,15H. The van der Waals surface area contributed by atoms with Gasteiger partial charge in [0.15, 0.2) is 0 Å². The van der Waals surface area contributed by atoms with Crippen LogP contribution in [0.5, 0.6) is 0 Å². The van der Waals surface area contributed by atoms with E-state index in [0.717, 1.165) is 11.1 Å². The summed E-state index contributed by atoms with van der Waals surface area (Å²) in [5.74, 6) is 0. The molecule has 0 aliphatic carbocycles. The van der Waals surface area contributed by atoms with Gasteiger partial charge in [-0.1, -0.05) is 35.6 Å². The monoisotopic (exact) mass is 331 g/mol. The van der Waals surface area contributed by atoms with Crippen LogP contribution < -0.4 is 5.43 Å². The molecule has 1 aliphatic heterocycles. The first-order valence-corrected chi connectivity index (χ1v) is 5.72. The fourth-order valence-electron chi connectivity index (χ4n) is 1.24. The fourth-order valence-corrected chi connectivity index (χ4v) is 2.66. The maximum Gasteiger partial charge on any atom is 0.141 e. The molecular weight excluding hydrogens is 326 g/mol. The van der Waals surface area contributed by atoms with Crippen molar-refractivity contribution in [2.24, 2.45) is 5.10 Å². The Balaban J connectivity index is 2.46. The Morgan fingerprint density at radius 1 is 1.20 bits per heavy atom. The van der Waals surface area contributed by atoms with Gasteiger partial charge in [-0.15, -0.1) is 5.10 Å². The molecule has 0 spiro atoms. The summed E-state index contributed by atoms with van der Waals surface area (Å²) in [4.78, 5) is 0. The first-order chi connectivity index (χ1) is 7.18. The van der Waals surface area contributed by atoms with E-state index in [9.17, 15) is 0 Å². The molecule has 1 aromatic rings. The first kappa shape index (κ1) is 10.7. The molecule has 0 unspecified atom stereocenters. The van der Waals surface area contributed by atoms with Gasteiger partial charge < -0.3 is 0 Å². The molecule has 0 saturated heterocycles. The Labute approximate surface area is 103 Å². The molecule has 1 heterocycles. The van der Waals surface area contributed by atoms with E-state index >= 15 is 0 Å². The van der Waals surface area contributed by atoms with Gasteiger partial charge in [0, 0.05) is 5.57 Å². The molecule has 0 fully saturated rings. The number of benzene rings is 1. The summed E-state index contributed by atoms with van der Waals surface area (Å²) in [6.45, 7) is 0. The second kappa shape index (κ2) is 4.34. The Morgan fingerprint density at radius 2 is 1.87 bits per heavy atom. The summed E-state index contributed by atoms with van der Waals surface area (Å²) in [5, 5.41) is 13.6. The SMILES string of the molecule is ON1N=C(Br)C(c2ccccc2)=C(Br)N1. The number of hydrogen-bond donors (Lipinski definition) is 2. The van der Waals surface area contributed by atoms with Crippen LogP contribution in [0.4, 0.5) is 0 Å². The fraction of sp³-hybridized carbons (Fsp3) is 0. The molecule has 1 aliphatic rings. The molecule has 0 atom stereocenters. The predicted octanol–water partition coefficient (Wildman–Crippen LogP) is 2.67. The lowest BCUT2D eigenvalue weighted by atomic mass is 10.1. The molecule has 15 heavy (non-hydrogen) atoms. The normalized spacial score (nSPS) is 16.2. The zero-order valence-electron chi connectivity index (χ0n) is 7.48. The van der Waals surface area contributed by atoms with Crippen molar-refractivity contribution in [3.05, 3.63) is 40.5 Å². The number of halogens is 2. The largest absolute Gasteiger partial charge is 0.253 e. The molecule has 2 N–H and O–H groups in total. The minimum atomic E-state index is 0.557. The highest BCUT2D eigenvalue weighted by Crippen LogP contribution is 2.27. The third-order valence-electron chi connectivity index (χ3n) is 1.87. The number of rotatable bonds is 1. The van der Waals surface area contributed by atoms with Gasteiger partial charge in [0.05, 0.1) is 0 Å². The van der Waals surface area contributed by atoms with E-state index in [1.165, 1.54) is 0 Å². The van der Waals surface area contributed by atoms with Gasteiger partial charge in [-0.05, 0) is 37.4 Å². The Hall–Kier alpha value is -0.850. The van der Waals surface area contributed by atoms with Crippen molar-refractivity contribution in [1.29, 1.82) is 0 Å². The van der Waals surface area contributed by atoms with Gasteiger partial charge in [-0.3, -0.25) is 5.21 Å². The van der Waals surface area contributed by atoms with E-state index in [4.69, 9.17) is 5.21 Å². The van der Waals surface area contributed by atoms with Crippen LogP contribution >= 0.6 is 31.9 Å². The minimum absolute atomic E-state index is 0.557. The third-order valence-corrected chi connectivity index (χ3v) is 3.00. The van der Waals surface area contributed by atoms with E-state index < -0.39 is 0 Å². The number of nitrogens with one attached hydrogen (secondary N) is 1. The van der Waals surface area contributed by atoms with E-state index in [1.807, 2.05) is 30.3 Å². The first-order valence-electron chi connectivity index (χ1n) is 4.14. The maximum atomic E-state index is 9.16. The van der Waals surface area contributed by atoms with Gasteiger partial charge in [-0.2, -0.15) is 0 Å². The number of hydrazine groups is 1. The maximum absolute atomic E-state index is 9.16. The molecule has 0 radical (unpaired) electrons. The zero-order chi connectivity index (χ0) is 10.8. The summed E-state index contributed by atoms with van der Waals surface area (Å²) in [6.07, 6.45) is 0. The predicted molar refractivity (Wildman–Crippen MR) is 65.4 cm³/mol. The lowest BCUT2D eigenvalue weighted by molar-refractivity contribution is -0.124. The van der Waals surface area contributed by atoms with Gasteiger partial charge in [0.25, 0.3) is 0 Å². The van der Waals surface area contributed by atoms with Crippen molar-refractivity contribution < 1.29 is 5.21 Å². The molecule has 6 heteroatoms. The second-order valence-electron chi connectivity index (χ2n) is 2.85. The quantitative estimate of drug-likeness (QED) is 0.777. The van der Waals surface area contributed by atoms with Crippen LogP contribution in [-0.4, -0.2) is 15.1 Å². The van der Waals surface area contributed by atoms with Gasteiger partial charge in [0.1, 0.15) is 9.23 Å². The Morgan fingerprint density at radius 3 is 2.47 bits per heavy atom. The lowest BCUT2D eigenvalue weighted by Crippen LogP contribution is -2.33. The van der Waals surface area contributed by atoms with Crippen molar-refractivity contribution in [3.8, 4) is 0 Å². The summed E-state index contributed by atoms with van der Waals surface area (Å²) in [6, 6.07) is 9.74. The van der Waals surface area contributed by atoms with Crippen molar-refractivity contribution >= 4 is 42.1 Å². The van der Waals surface area contributed by atoms with Crippen molar-refractivity contribution in [2.45, 2.75) is 0 Å². The Kier molecular flexibility index (Phi) is 3.08. The summed E-state index contributed by atoms with van der Waals surface area (Å²) < 4.78 is 1.21. The highest BCUT2D eigenvalue weighted by molar-refractivity contribution is 9.19. The van der Waals surface area contributed by atoms with Crippen LogP contribution in [0, 0.1) is 0 Å². The second-order valence-corrected chi connectivity index (χ2v) is 4.39. The average molecular weight is 333 g/mol. The summed E-state index contributed by atoms with van der Waals surface area (Å²) in [5.41, 5.74) is 4.49. The van der Waals surface area contributed by atoms with E-state index in [2.05, 4.69) is 42.4 Å². The number of hydrazone groups is 1. The van der Waals surface area contributed by atoms with Crippen LogP contribution in [0.25, 0.3) is 5.57 Å². The van der Waals surface area contributed by atoms with Gasteiger partial charge >= 0.3 is 0 Å². The van der Waals surface area contributed by atoms with Crippen molar-refractivity contribution in [3.63, 3.8) is 0 Å². The molecule has 78 valence electrons. The number of nitrogens with zero attached hydrogens (tertiary/aromatic N) is 2. The molecule has 4 nitrogen and oxygen atoms in total. The van der Waals surface area contributed by atoms with E-state index in [0.29, 0.717) is 14.5 Å². The van der Waals surface area contributed by atoms with Gasteiger partial charge in [0.2, 0.25) is 0 Å². The molecule has 0 amide bonds. The van der Waals surface area contributed by atoms with Crippen LogP contribution in [0.3, 0.4) is 0 Å². The molecular formula is C9H7Br2N3O.